The number of rotatable bonds is 10. The number of carbonyl (C=O) groups excluding carboxylic acids is 1. The van der Waals surface area contributed by atoms with Gasteiger partial charge in [0.25, 0.3) is 5.91 Å². The second-order valence-corrected chi connectivity index (χ2v) is 10.9. The van der Waals surface area contributed by atoms with Crippen LogP contribution < -0.4 is 20.4 Å². The van der Waals surface area contributed by atoms with Crippen molar-refractivity contribution in [1.29, 1.82) is 0 Å². The van der Waals surface area contributed by atoms with Crippen LogP contribution in [0, 0.1) is 18.7 Å². The summed E-state index contributed by atoms with van der Waals surface area (Å²) in [4.78, 5) is 25.9. The Balaban J connectivity index is 1.78. The van der Waals surface area contributed by atoms with Crippen LogP contribution in [0.15, 0.2) is 36.5 Å². The van der Waals surface area contributed by atoms with Crippen molar-refractivity contribution in [2.75, 3.05) is 34.8 Å². The first-order valence-corrected chi connectivity index (χ1v) is 13.7. The summed E-state index contributed by atoms with van der Waals surface area (Å²) >= 11 is 0. The Morgan fingerprint density at radius 1 is 1.13 bits per heavy atom. The predicted molar refractivity (Wildman–Crippen MR) is 140 cm³/mol. The number of sulfonamides is 1. The van der Waals surface area contributed by atoms with Crippen molar-refractivity contribution in [2.45, 2.75) is 32.6 Å². The molecule has 1 fully saturated rings. The van der Waals surface area contributed by atoms with Gasteiger partial charge in [-0.2, -0.15) is 4.39 Å². The highest BCUT2D eigenvalue weighted by atomic mass is 32.2. The third-order valence-electron chi connectivity index (χ3n) is 6.01. The van der Waals surface area contributed by atoms with Crippen LogP contribution in [-0.2, 0) is 14.9 Å². The monoisotopic (exact) mass is 546 g/mol. The number of nitrogens with zero attached hydrogens (tertiary/aromatic N) is 3. The maximum Gasteiger partial charge on any atom is 0.278 e. The lowest BCUT2D eigenvalue weighted by molar-refractivity contribution is 0.0365. The summed E-state index contributed by atoms with van der Waals surface area (Å²) in [5.41, 5.74) is 4.18. The molecule has 0 saturated heterocycles. The normalized spacial score (nSPS) is 13.2. The van der Waals surface area contributed by atoms with E-state index in [-0.39, 0.29) is 41.0 Å². The number of halogens is 2. The lowest BCUT2D eigenvalue weighted by atomic mass is 10.1. The van der Waals surface area contributed by atoms with Crippen molar-refractivity contribution in [3.8, 4) is 0 Å². The number of benzene rings is 1. The highest BCUT2D eigenvalue weighted by Crippen LogP contribution is 2.45. The van der Waals surface area contributed by atoms with Crippen molar-refractivity contribution in [2.24, 2.45) is 0 Å². The maximum absolute atomic E-state index is 15.1. The van der Waals surface area contributed by atoms with E-state index in [9.17, 15) is 17.6 Å². The third-order valence-corrected chi connectivity index (χ3v) is 7.20. The third kappa shape index (κ3) is 6.17. The molecule has 1 amide bonds. The van der Waals surface area contributed by atoms with E-state index in [0.717, 1.165) is 23.4 Å². The van der Waals surface area contributed by atoms with E-state index in [1.165, 1.54) is 43.6 Å². The number of pyridine rings is 2. The van der Waals surface area contributed by atoms with Crippen molar-refractivity contribution in [3.63, 3.8) is 0 Å². The van der Waals surface area contributed by atoms with Gasteiger partial charge in [-0.1, -0.05) is 0 Å². The van der Waals surface area contributed by atoms with E-state index in [2.05, 4.69) is 26.1 Å². The van der Waals surface area contributed by atoms with Gasteiger partial charge in [0, 0.05) is 19.3 Å². The van der Waals surface area contributed by atoms with Crippen LogP contribution in [0.4, 0.5) is 37.3 Å². The van der Waals surface area contributed by atoms with Gasteiger partial charge in [-0.15, -0.1) is 0 Å². The Kier molecular flexibility index (Phi) is 7.78. The molecule has 0 radical (unpaired) electrons. The Bertz CT molecular complexity index is 1480. The average molecular weight is 547 g/mol. The molecule has 1 aromatic carbocycles. The summed E-state index contributed by atoms with van der Waals surface area (Å²) in [6.45, 7) is 3.53. The summed E-state index contributed by atoms with van der Waals surface area (Å²) in [5, 5.41) is 6.03. The average Bonchev–Trinajstić information content (AvgIpc) is 3.69. The molecule has 3 aromatic rings. The Labute approximate surface area is 219 Å². The molecule has 202 valence electrons. The number of hydroxylamine groups is 1. The zero-order valence-corrected chi connectivity index (χ0v) is 22.1. The highest BCUT2D eigenvalue weighted by molar-refractivity contribution is 7.92. The molecule has 0 bridgehead atoms. The molecule has 0 aliphatic heterocycles. The molecule has 0 unspecified atom stereocenters. The summed E-state index contributed by atoms with van der Waals surface area (Å²) in [6, 6.07) is 6.91. The number of aromatic nitrogens is 2. The molecule has 1 aliphatic carbocycles. The minimum atomic E-state index is -3.69. The van der Waals surface area contributed by atoms with Crippen LogP contribution in [0.1, 0.15) is 47.3 Å². The van der Waals surface area contributed by atoms with Crippen LogP contribution in [0.3, 0.4) is 0 Å². The largest absolute Gasteiger partial charge is 0.353 e. The van der Waals surface area contributed by atoms with E-state index < -0.39 is 27.7 Å². The Morgan fingerprint density at radius 2 is 1.87 bits per heavy atom. The van der Waals surface area contributed by atoms with Gasteiger partial charge in [0.05, 0.1) is 46.9 Å². The van der Waals surface area contributed by atoms with E-state index in [1.807, 2.05) is 0 Å². The number of nitrogens with one attached hydrogen (secondary N) is 3. The topological polar surface area (TPSA) is 126 Å². The maximum atomic E-state index is 15.1. The van der Waals surface area contributed by atoms with Crippen molar-refractivity contribution in [3.05, 3.63) is 65.1 Å². The second-order valence-electron chi connectivity index (χ2n) is 8.89. The van der Waals surface area contributed by atoms with E-state index in [1.54, 1.807) is 13.8 Å². The van der Waals surface area contributed by atoms with Crippen LogP contribution >= 0.6 is 0 Å². The smallest absolute Gasteiger partial charge is 0.278 e. The summed E-state index contributed by atoms with van der Waals surface area (Å²) in [6.07, 6.45) is 3.97. The quantitative estimate of drug-likeness (QED) is 0.251. The number of amides is 1. The van der Waals surface area contributed by atoms with Gasteiger partial charge in [0.1, 0.15) is 11.6 Å². The molecular weight excluding hydrogens is 518 g/mol. The van der Waals surface area contributed by atoms with Gasteiger partial charge in [-0.05, 0) is 62.4 Å². The molecule has 2 aromatic heterocycles. The molecule has 4 rings (SSSR count). The Morgan fingerprint density at radius 3 is 2.50 bits per heavy atom. The molecule has 0 spiro atoms. The van der Waals surface area contributed by atoms with Crippen LogP contribution in [0.2, 0.25) is 0 Å². The Hall–Kier alpha value is -3.84. The van der Waals surface area contributed by atoms with Gasteiger partial charge in [0.15, 0.2) is 0 Å². The SMILES string of the molecule is CCONC(=O)c1cnc(Nc2ccc(F)nc2C)cc1Nc1cc(F)c(C2CC2)cc1N(C)S(C)(=O)=O. The molecule has 0 atom stereocenters. The van der Waals surface area contributed by atoms with E-state index >= 15 is 4.39 Å². The van der Waals surface area contributed by atoms with Crippen molar-refractivity contribution in [1.82, 2.24) is 15.4 Å². The lowest BCUT2D eigenvalue weighted by Gasteiger charge is -2.23. The molecule has 2 heterocycles. The molecule has 10 nitrogen and oxygen atoms in total. The van der Waals surface area contributed by atoms with Gasteiger partial charge in [-0.25, -0.2) is 28.3 Å². The highest BCUT2D eigenvalue weighted by Gasteiger charge is 2.29. The number of aryl methyl sites for hydroxylation is 1. The first-order valence-electron chi connectivity index (χ1n) is 11.8. The fourth-order valence-corrected chi connectivity index (χ4v) is 4.28. The predicted octanol–water partition coefficient (Wildman–Crippen LogP) is 4.50. The number of hydrogen-bond acceptors (Lipinski definition) is 8. The van der Waals surface area contributed by atoms with Gasteiger partial charge in [0.2, 0.25) is 16.0 Å². The fraction of sp³-hybridized carbons (Fsp3) is 0.320. The first-order chi connectivity index (χ1) is 18.0. The zero-order valence-electron chi connectivity index (χ0n) is 21.3. The number of hydrogen-bond donors (Lipinski definition) is 3. The molecular formula is C25H28F2N6O4S. The first kappa shape index (κ1) is 27.2. The summed E-state index contributed by atoms with van der Waals surface area (Å²) in [7, 11) is -2.32. The van der Waals surface area contributed by atoms with Gasteiger partial charge in [-0.3, -0.25) is 13.9 Å². The van der Waals surface area contributed by atoms with Crippen LogP contribution in [0.25, 0.3) is 0 Å². The number of anilines is 5. The van der Waals surface area contributed by atoms with Crippen LogP contribution in [-0.4, -0.2) is 44.2 Å². The summed E-state index contributed by atoms with van der Waals surface area (Å²) < 4.78 is 54.4. The van der Waals surface area contributed by atoms with E-state index in [4.69, 9.17) is 4.84 Å². The number of carbonyl (C=O) groups is 1. The minimum Gasteiger partial charge on any atom is -0.353 e. The molecule has 1 saturated carbocycles. The van der Waals surface area contributed by atoms with E-state index in [0.29, 0.717) is 16.9 Å². The van der Waals surface area contributed by atoms with Crippen LogP contribution in [0.5, 0.6) is 0 Å². The molecule has 1 aliphatic rings. The van der Waals surface area contributed by atoms with Gasteiger partial charge >= 0.3 is 0 Å². The van der Waals surface area contributed by atoms with Gasteiger partial charge < -0.3 is 10.6 Å². The van der Waals surface area contributed by atoms with Crippen molar-refractivity contribution >= 4 is 44.5 Å². The second kappa shape index (κ2) is 10.9. The molecule has 13 heteroatoms. The van der Waals surface area contributed by atoms with Crippen molar-refractivity contribution < 1.29 is 26.8 Å². The standard InChI is InChI=1S/C25H28F2N6O4S/c1-5-37-32-25(34)17-13-28-24(31-19-8-9-23(27)29-14(19)2)12-20(17)30-21-11-18(26)16(15-6-7-15)10-22(21)33(3)38(4,35)36/h8-13,15H,5-7H2,1-4H3,(H,32,34)(H2,28,30,31). The minimum absolute atomic E-state index is 0.0348. The lowest BCUT2D eigenvalue weighted by Crippen LogP contribution is -2.26. The molecule has 38 heavy (non-hydrogen) atoms. The zero-order chi connectivity index (χ0) is 27.6. The summed E-state index contributed by atoms with van der Waals surface area (Å²) in [5.74, 6) is -1.44. The molecule has 3 N–H and O–H groups in total. The fourth-order valence-electron chi connectivity index (χ4n) is 3.77.